The monoisotopic (exact) mass is 316 g/mol. The predicted molar refractivity (Wildman–Crippen MR) is 78.1 cm³/mol. The molecule has 0 atom stereocenters. The van der Waals surface area contributed by atoms with Crippen LogP contribution in [0.5, 0.6) is 0 Å². The maximum absolute atomic E-state index is 12.0. The molecule has 0 saturated heterocycles. The standard InChI is InChI=1S/C13H14Cl2N2O3/c1-8(13(19)20-3)16-17(2)12(18)6-9-4-5-10(14)7-11(9)15/h4-5,7H,6H2,1-3H3. The van der Waals surface area contributed by atoms with Crippen LogP contribution < -0.4 is 0 Å². The lowest BCUT2D eigenvalue weighted by atomic mass is 10.1. The zero-order valence-corrected chi connectivity index (χ0v) is 12.8. The third-order valence-electron chi connectivity index (χ3n) is 2.50. The highest BCUT2D eigenvalue weighted by atomic mass is 35.5. The fourth-order valence-electron chi connectivity index (χ4n) is 1.41. The SMILES string of the molecule is COC(=O)C(C)=NN(C)C(=O)Cc1ccc(Cl)cc1Cl. The first kappa shape index (κ1) is 16.5. The molecule has 0 radical (unpaired) electrons. The Kier molecular flexibility index (Phi) is 5.98. The number of rotatable bonds is 4. The molecule has 1 rings (SSSR count). The van der Waals surface area contributed by atoms with Gasteiger partial charge in [-0.3, -0.25) is 4.79 Å². The Morgan fingerprint density at radius 1 is 1.35 bits per heavy atom. The Labute approximate surface area is 127 Å². The van der Waals surface area contributed by atoms with E-state index in [0.29, 0.717) is 15.6 Å². The molecular weight excluding hydrogens is 303 g/mol. The number of ether oxygens (including phenoxy) is 1. The number of halogens is 2. The highest BCUT2D eigenvalue weighted by molar-refractivity contribution is 6.35. The average Bonchev–Trinajstić information content (AvgIpc) is 2.40. The van der Waals surface area contributed by atoms with Gasteiger partial charge in [-0.25, -0.2) is 9.80 Å². The lowest BCUT2D eigenvalue weighted by molar-refractivity contribution is -0.132. The first-order valence-electron chi connectivity index (χ1n) is 5.69. The van der Waals surface area contributed by atoms with Crippen LogP contribution in [0.15, 0.2) is 23.3 Å². The summed E-state index contributed by atoms with van der Waals surface area (Å²) in [6.45, 7) is 1.46. The predicted octanol–water partition coefficient (Wildman–Crippen LogP) is 2.54. The van der Waals surface area contributed by atoms with Crippen LogP contribution in [0, 0.1) is 0 Å². The number of amides is 1. The van der Waals surface area contributed by atoms with E-state index in [9.17, 15) is 9.59 Å². The second kappa shape index (κ2) is 7.26. The minimum absolute atomic E-state index is 0.0600. The van der Waals surface area contributed by atoms with E-state index in [4.69, 9.17) is 23.2 Å². The molecule has 0 spiro atoms. The van der Waals surface area contributed by atoms with Gasteiger partial charge in [0.25, 0.3) is 0 Å². The zero-order valence-electron chi connectivity index (χ0n) is 11.3. The lowest BCUT2D eigenvalue weighted by Crippen LogP contribution is -2.26. The van der Waals surface area contributed by atoms with Crippen LogP contribution in [-0.2, 0) is 20.7 Å². The number of hydrogen-bond donors (Lipinski definition) is 0. The van der Waals surface area contributed by atoms with Gasteiger partial charge in [-0.05, 0) is 24.6 Å². The summed E-state index contributed by atoms with van der Waals surface area (Å²) in [7, 11) is 2.70. The van der Waals surface area contributed by atoms with Crippen molar-refractivity contribution in [1.82, 2.24) is 5.01 Å². The van der Waals surface area contributed by atoms with Gasteiger partial charge in [-0.1, -0.05) is 29.3 Å². The second-order valence-corrected chi connectivity index (χ2v) is 4.85. The molecule has 0 aliphatic rings. The van der Waals surface area contributed by atoms with Crippen LogP contribution in [-0.4, -0.2) is 36.8 Å². The van der Waals surface area contributed by atoms with Gasteiger partial charge in [0.05, 0.1) is 13.5 Å². The third-order valence-corrected chi connectivity index (χ3v) is 3.09. The van der Waals surface area contributed by atoms with Gasteiger partial charge < -0.3 is 4.74 Å². The first-order chi connectivity index (χ1) is 9.35. The van der Waals surface area contributed by atoms with E-state index < -0.39 is 5.97 Å². The van der Waals surface area contributed by atoms with Crippen LogP contribution >= 0.6 is 23.2 Å². The van der Waals surface area contributed by atoms with Crippen molar-refractivity contribution in [3.8, 4) is 0 Å². The number of methoxy groups -OCH3 is 1. The van der Waals surface area contributed by atoms with E-state index in [1.54, 1.807) is 18.2 Å². The summed E-state index contributed by atoms with van der Waals surface area (Å²) < 4.78 is 4.50. The molecule has 1 amide bonds. The maximum Gasteiger partial charge on any atom is 0.353 e. The number of carbonyl (C=O) groups is 2. The molecule has 108 valence electrons. The number of hydrogen-bond acceptors (Lipinski definition) is 4. The van der Waals surface area contributed by atoms with Gasteiger partial charge in [-0.2, -0.15) is 5.10 Å². The molecule has 5 nitrogen and oxygen atoms in total. The van der Waals surface area contributed by atoms with Crippen LogP contribution in [0.2, 0.25) is 10.0 Å². The number of nitrogens with zero attached hydrogens (tertiary/aromatic N) is 2. The number of carbonyl (C=O) groups excluding carboxylic acids is 2. The fourth-order valence-corrected chi connectivity index (χ4v) is 1.89. The Morgan fingerprint density at radius 2 is 2.00 bits per heavy atom. The molecule has 0 aliphatic heterocycles. The Hall–Kier alpha value is -1.59. The zero-order chi connectivity index (χ0) is 15.3. The van der Waals surface area contributed by atoms with E-state index in [1.165, 1.54) is 21.1 Å². The molecule has 0 aliphatic carbocycles. The minimum Gasteiger partial charge on any atom is -0.464 e. The van der Waals surface area contributed by atoms with Gasteiger partial charge in [0.1, 0.15) is 5.71 Å². The van der Waals surface area contributed by atoms with Crippen molar-refractivity contribution in [1.29, 1.82) is 0 Å². The van der Waals surface area contributed by atoms with Crippen molar-refractivity contribution in [2.24, 2.45) is 5.10 Å². The van der Waals surface area contributed by atoms with E-state index >= 15 is 0 Å². The van der Waals surface area contributed by atoms with E-state index in [1.807, 2.05) is 0 Å². The van der Waals surface area contributed by atoms with Crippen LogP contribution in [0.1, 0.15) is 12.5 Å². The highest BCUT2D eigenvalue weighted by Crippen LogP contribution is 2.21. The fraction of sp³-hybridized carbons (Fsp3) is 0.308. The quantitative estimate of drug-likeness (QED) is 0.487. The number of benzene rings is 1. The van der Waals surface area contributed by atoms with Crippen molar-refractivity contribution >= 4 is 40.8 Å². The van der Waals surface area contributed by atoms with Crippen LogP contribution in [0.25, 0.3) is 0 Å². The smallest absolute Gasteiger partial charge is 0.353 e. The molecule has 0 unspecified atom stereocenters. The Bertz CT molecular complexity index is 559. The van der Waals surface area contributed by atoms with Crippen molar-refractivity contribution in [3.05, 3.63) is 33.8 Å². The highest BCUT2D eigenvalue weighted by Gasteiger charge is 2.14. The summed E-state index contributed by atoms with van der Waals surface area (Å²) in [6, 6.07) is 4.89. The van der Waals surface area contributed by atoms with Crippen molar-refractivity contribution in [3.63, 3.8) is 0 Å². The summed E-state index contributed by atoms with van der Waals surface area (Å²) in [5, 5.41) is 5.84. The summed E-state index contributed by atoms with van der Waals surface area (Å²) in [5.41, 5.74) is 0.726. The van der Waals surface area contributed by atoms with E-state index in [0.717, 1.165) is 5.01 Å². The van der Waals surface area contributed by atoms with Gasteiger partial charge in [0.2, 0.25) is 5.91 Å². The molecular formula is C13H14Cl2N2O3. The van der Waals surface area contributed by atoms with Crippen LogP contribution in [0.4, 0.5) is 0 Å². The molecule has 0 heterocycles. The molecule has 1 aromatic carbocycles. The summed E-state index contributed by atoms with van der Waals surface area (Å²) >= 11 is 11.8. The molecule has 20 heavy (non-hydrogen) atoms. The molecule has 0 saturated carbocycles. The van der Waals surface area contributed by atoms with Crippen molar-refractivity contribution in [2.75, 3.05) is 14.2 Å². The first-order valence-corrected chi connectivity index (χ1v) is 6.44. The van der Waals surface area contributed by atoms with Gasteiger partial charge in [-0.15, -0.1) is 0 Å². The molecule has 0 bridgehead atoms. The Balaban J connectivity index is 2.78. The van der Waals surface area contributed by atoms with Gasteiger partial charge in [0.15, 0.2) is 0 Å². The molecule has 7 heteroatoms. The molecule has 0 fully saturated rings. The number of hydrazone groups is 1. The average molecular weight is 317 g/mol. The van der Waals surface area contributed by atoms with Crippen molar-refractivity contribution < 1.29 is 14.3 Å². The van der Waals surface area contributed by atoms with Crippen LogP contribution in [0.3, 0.4) is 0 Å². The molecule has 0 N–H and O–H groups in total. The third kappa shape index (κ3) is 4.51. The molecule has 0 aromatic heterocycles. The Morgan fingerprint density at radius 3 is 2.55 bits per heavy atom. The topological polar surface area (TPSA) is 59.0 Å². The van der Waals surface area contributed by atoms with E-state index in [2.05, 4.69) is 9.84 Å². The normalized spacial score (nSPS) is 11.2. The van der Waals surface area contributed by atoms with Gasteiger partial charge in [0, 0.05) is 17.1 Å². The largest absolute Gasteiger partial charge is 0.464 e. The maximum atomic E-state index is 12.0. The number of esters is 1. The van der Waals surface area contributed by atoms with E-state index in [-0.39, 0.29) is 18.0 Å². The molecule has 1 aromatic rings. The number of likely N-dealkylation sites (N-methyl/N-ethyl adjacent to an activating group) is 1. The van der Waals surface area contributed by atoms with Crippen molar-refractivity contribution in [2.45, 2.75) is 13.3 Å². The lowest BCUT2D eigenvalue weighted by Gasteiger charge is -2.12. The van der Waals surface area contributed by atoms with Gasteiger partial charge >= 0.3 is 5.97 Å². The summed E-state index contributed by atoms with van der Waals surface area (Å²) in [4.78, 5) is 23.2. The summed E-state index contributed by atoms with van der Waals surface area (Å²) in [6.07, 6.45) is 0.0600. The summed E-state index contributed by atoms with van der Waals surface area (Å²) in [5.74, 6) is -0.897. The minimum atomic E-state index is -0.589. The second-order valence-electron chi connectivity index (χ2n) is 4.01.